The van der Waals surface area contributed by atoms with Crippen LogP contribution in [0.1, 0.15) is 29.8 Å². The molecule has 27 heavy (non-hydrogen) atoms. The average Bonchev–Trinajstić information content (AvgIpc) is 3.13. The van der Waals surface area contributed by atoms with Crippen molar-refractivity contribution in [2.24, 2.45) is 5.10 Å². The predicted molar refractivity (Wildman–Crippen MR) is 100 cm³/mol. The zero-order chi connectivity index (χ0) is 19.6. The summed E-state index contributed by atoms with van der Waals surface area (Å²) in [6.07, 6.45) is -0.729. The van der Waals surface area contributed by atoms with Gasteiger partial charge in [0.25, 0.3) is 0 Å². The second-order valence-corrected chi connectivity index (χ2v) is 6.06. The van der Waals surface area contributed by atoms with Crippen LogP contribution in [-0.2, 0) is 9.53 Å². The van der Waals surface area contributed by atoms with Crippen molar-refractivity contribution in [1.82, 2.24) is 5.01 Å². The Kier molecular flexibility index (Phi) is 5.21. The first-order valence-corrected chi connectivity index (χ1v) is 8.40. The Morgan fingerprint density at radius 3 is 2.11 bits per heavy atom. The number of nitrogens with zero attached hydrogens (tertiary/aromatic N) is 2. The van der Waals surface area contributed by atoms with Gasteiger partial charge in [-0.15, -0.1) is 5.10 Å². The summed E-state index contributed by atoms with van der Waals surface area (Å²) in [4.78, 5) is 12.1. The molecule has 1 unspecified atom stereocenters. The van der Waals surface area contributed by atoms with E-state index in [-0.39, 0.29) is 5.91 Å². The molecule has 1 atom stereocenters. The maximum atomic E-state index is 12.1. The summed E-state index contributed by atoms with van der Waals surface area (Å²) in [7, 11) is 4.60. The molecular weight excluding hydrogens is 348 g/mol. The highest BCUT2D eigenvalue weighted by Crippen LogP contribution is 2.42. The molecule has 2 aromatic rings. The molecule has 0 bridgehead atoms. The van der Waals surface area contributed by atoms with Crippen molar-refractivity contribution in [2.75, 3.05) is 21.3 Å². The second kappa shape index (κ2) is 7.57. The summed E-state index contributed by atoms with van der Waals surface area (Å²) in [6, 6.07) is 11.2. The normalized spacial score (nSPS) is 15.8. The molecule has 1 aliphatic rings. The van der Waals surface area contributed by atoms with E-state index in [2.05, 4.69) is 5.10 Å². The van der Waals surface area contributed by atoms with Crippen molar-refractivity contribution in [3.8, 4) is 17.2 Å². The Morgan fingerprint density at radius 1 is 1.04 bits per heavy atom. The number of carbonyl (C=O) groups excluding carboxylic acids is 1. The highest BCUT2D eigenvalue weighted by Gasteiger charge is 2.34. The van der Waals surface area contributed by atoms with Crippen LogP contribution in [0.2, 0.25) is 0 Å². The third kappa shape index (κ3) is 3.53. The van der Waals surface area contributed by atoms with Crippen LogP contribution in [0.25, 0.3) is 0 Å². The zero-order valence-electron chi connectivity index (χ0n) is 16.0. The van der Waals surface area contributed by atoms with Crippen molar-refractivity contribution in [3.63, 3.8) is 0 Å². The lowest BCUT2D eigenvalue weighted by atomic mass is 10.1. The third-order valence-electron chi connectivity index (χ3n) is 4.24. The quantitative estimate of drug-likeness (QED) is 0.808. The summed E-state index contributed by atoms with van der Waals surface area (Å²) in [5.74, 6) is 1.56. The molecular formula is C20H22N2O5. The van der Waals surface area contributed by atoms with Crippen LogP contribution in [0, 0.1) is 6.92 Å². The van der Waals surface area contributed by atoms with E-state index in [1.165, 1.54) is 33.3 Å². The first-order chi connectivity index (χ1) is 13.0. The number of aryl methyl sites for hydroxylation is 1. The first kappa shape index (κ1) is 18.6. The van der Waals surface area contributed by atoms with Gasteiger partial charge >= 0.3 is 0 Å². The molecule has 2 aromatic carbocycles. The van der Waals surface area contributed by atoms with Gasteiger partial charge in [-0.2, -0.15) is 5.01 Å². The number of amides is 1. The minimum Gasteiger partial charge on any atom is -0.493 e. The molecule has 3 rings (SSSR count). The number of ether oxygens (including phenoxy) is 4. The van der Waals surface area contributed by atoms with Crippen LogP contribution in [0.4, 0.5) is 0 Å². The highest BCUT2D eigenvalue weighted by atomic mass is 16.5. The lowest BCUT2D eigenvalue weighted by Crippen LogP contribution is -2.25. The number of carbonyl (C=O) groups is 1. The molecule has 0 aliphatic carbocycles. The smallest absolute Gasteiger partial charge is 0.243 e. The summed E-state index contributed by atoms with van der Waals surface area (Å²) >= 11 is 0. The number of benzene rings is 2. The lowest BCUT2D eigenvalue weighted by molar-refractivity contribution is -0.135. The van der Waals surface area contributed by atoms with Crippen molar-refractivity contribution in [2.45, 2.75) is 20.1 Å². The zero-order valence-corrected chi connectivity index (χ0v) is 16.0. The van der Waals surface area contributed by atoms with Gasteiger partial charge in [-0.25, -0.2) is 0 Å². The maximum absolute atomic E-state index is 12.1. The van der Waals surface area contributed by atoms with E-state index in [4.69, 9.17) is 18.9 Å². The third-order valence-corrected chi connectivity index (χ3v) is 4.24. The topological polar surface area (TPSA) is 69.6 Å². The lowest BCUT2D eigenvalue weighted by Gasteiger charge is -2.21. The van der Waals surface area contributed by atoms with Gasteiger partial charge in [-0.3, -0.25) is 4.79 Å². The molecule has 7 heteroatoms. The Labute approximate surface area is 158 Å². The first-order valence-electron chi connectivity index (χ1n) is 8.40. The minimum atomic E-state index is -0.729. The van der Waals surface area contributed by atoms with E-state index in [9.17, 15) is 4.79 Å². The fraction of sp³-hybridized carbons (Fsp3) is 0.300. The van der Waals surface area contributed by atoms with Crippen molar-refractivity contribution < 1.29 is 23.7 Å². The van der Waals surface area contributed by atoms with E-state index in [1.54, 1.807) is 12.1 Å². The number of hydrogen-bond acceptors (Lipinski definition) is 6. The SMILES string of the molecule is COc1cc(C2OC(c3ccc(C)cc3)=NN2C(C)=O)cc(OC)c1OC. The Balaban J connectivity index is 2.01. The molecule has 1 aliphatic heterocycles. The molecule has 0 N–H and O–H groups in total. The number of hydrazone groups is 1. The van der Waals surface area contributed by atoms with Crippen LogP contribution in [0.15, 0.2) is 41.5 Å². The van der Waals surface area contributed by atoms with Gasteiger partial charge in [0.05, 0.1) is 21.3 Å². The van der Waals surface area contributed by atoms with Crippen molar-refractivity contribution in [3.05, 3.63) is 53.1 Å². The molecule has 1 amide bonds. The largest absolute Gasteiger partial charge is 0.493 e. The van der Waals surface area contributed by atoms with E-state index in [0.717, 1.165) is 11.1 Å². The average molecular weight is 370 g/mol. The van der Waals surface area contributed by atoms with Crippen LogP contribution in [-0.4, -0.2) is 38.1 Å². The molecule has 1 heterocycles. The van der Waals surface area contributed by atoms with Gasteiger partial charge < -0.3 is 18.9 Å². The Morgan fingerprint density at radius 2 is 1.63 bits per heavy atom. The van der Waals surface area contributed by atoms with E-state index in [0.29, 0.717) is 28.7 Å². The molecule has 142 valence electrons. The van der Waals surface area contributed by atoms with Gasteiger partial charge in [0.2, 0.25) is 23.8 Å². The molecule has 0 radical (unpaired) electrons. The Bertz CT molecular complexity index is 851. The fourth-order valence-electron chi connectivity index (χ4n) is 2.84. The summed E-state index contributed by atoms with van der Waals surface area (Å²) < 4.78 is 22.2. The van der Waals surface area contributed by atoms with Crippen LogP contribution in [0.3, 0.4) is 0 Å². The van der Waals surface area contributed by atoms with Crippen LogP contribution in [0.5, 0.6) is 17.2 Å². The minimum absolute atomic E-state index is 0.240. The summed E-state index contributed by atoms with van der Waals surface area (Å²) in [5.41, 5.74) is 2.58. The number of methoxy groups -OCH3 is 3. The second-order valence-electron chi connectivity index (χ2n) is 6.06. The van der Waals surface area contributed by atoms with Crippen LogP contribution >= 0.6 is 0 Å². The summed E-state index contributed by atoms with van der Waals surface area (Å²) in [6.45, 7) is 3.44. The van der Waals surface area contributed by atoms with Gasteiger partial charge in [0, 0.05) is 18.1 Å². The monoisotopic (exact) mass is 370 g/mol. The van der Waals surface area contributed by atoms with E-state index < -0.39 is 6.23 Å². The maximum Gasteiger partial charge on any atom is 0.243 e. The van der Waals surface area contributed by atoms with Gasteiger partial charge in [0.15, 0.2) is 11.5 Å². The van der Waals surface area contributed by atoms with Crippen molar-refractivity contribution >= 4 is 11.8 Å². The molecule has 7 nitrogen and oxygen atoms in total. The standard InChI is InChI=1S/C20H22N2O5/c1-12-6-8-14(9-7-12)19-21-22(13(2)23)20(27-19)15-10-16(24-3)18(26-5)17(11-15)25-4/h6-11,20H,1-5H3. The molecule has 0 fully saturated rings. The highest BCUT2D eigenvalue weighted by molar-refractivity contribution is 5.96. The Hall–Kier alpha value is -3.22. The predicted octanol–water partition coefficient (Wildman–Crippen LogP) is 3.26. The van der Waals surface area contributed by atoms with Gasteiger partial charge in [0.1, 0.15) is 0 Å². The molecule has 0 saturated heterocycles. The van der Waals surface area contributed by atoms with Crippen LogP contribution < -0.4 is 14.2 Å². The molecule has 0 aromatic heterocycles. The van der Waals surface area contributed by atoms with E-state index in [1.807, 2.05) is 31.2 Å². The molecule has 0 saturated carbocycles. The van der Waals surface area contributed by atoms with E-state index >= 15 is 0 Å². The fourth-order valence-corrected chi connectivity index (χ4v) is 2.84. The number of rotatable bonds is 5. The van der Waals surface area contributed by atoms with Crippen molar-refractivity contribution in [1.29, 1.82) is 0 Å². The number of hydrogen-bond donors (Lipinski definition) is 0. The van der Waals surface area contributed by atoms with Gasteiger partial charge in [-0.1, -0.05) is 17.7 Å². The summed E-state index contributed by atoms with van der Waals surface area (Å²) in [5, 5.41) is 5.67. The van der Waals surface area contributed by atoms with Gasteiger partial charge in [-0.05, 0) is 31.2 Å². The molecule has 0 spiro atoms.